The molecule has 0 saturated heterocycles. The van der Waals surface area contributed by atoms with E-state index in [1.54, 1.807) is 0 Å². The molecule has 0 radical (unpaired) electrons. The number of nitrogens with two attached hydrogens (primary N) is 2. The van der Waals surface area contributed by atoms with Crippen molar-refractivity contribution in [2.45, 2.75) is 57.7 Å². The number of nitrogens with one attached hydrogen (secondary N) is 3. The molecule has 0 aromatic heterocycles. The summed E-state index contributed by atoms with van der Waals surface area (Å²) in [5.74, 6) is -2.69. The Morgan fingerprint density at radius 2 is 1.68 bits per heavy atom. The minimum atomic E-state index is -1.17. The fraction of sp³-hybridized carbons (Fsp3) is 0.765. The van der Waals surface area contributed by atoms with E-state index in [0.717, 1.165) is 0 Å². The summed E-state index contributed by atoms with van der Waals surface area (Å²) in [6.07, 6.45) is 1.91. The fourth-order valence-electron chi connectivity index (χ4n) is 2.38. The molecule has 3 amide bonds. The molecule has 10 nitrogen and oxygen atoms in total. The van der Waals surface area contributed by atoms with Gasteiger partial charge in [0, 0.05) is 5.75 Å². The molecule has 0 saturated carbocycles. The summed E-state index contributed by atoms with van der Waals surface area (Å²) in [6.45, 7) is 3.94. The second-order valence-corrected chi connectivity index (χ2v) is 7.31. The van der Waals surface area contributed by atoms with Gasteiger partial charge in [0.2, 0.25) is 17.7 Å². The molecule has 162 valence electrons. The molecular weight excluding hydrogens is 386 g/mol. The number of hydrogen-bond acceptors (Lipinski definition) is 7. The lowest BCUT2D eigenvalue weighted by Gasteiger charge is -2.20. The highest BCUT2D eigenvalue weighted by Crippen LogP contribution is 2.03. The highest BCUT2D eigenvalue weighted by molar-refractivity contribution is 7.80. The van der Waals surface area contributed by atoms with Gasteiger partial charge in [0.15, 0.2) is 0 Å². The van der Waals surface area contributed by atoms with E-state index >= 15 is 0 Å². The van der Waals surface area contributed by atoms with Gasteiger partial charge in [-0.2, -0.15) is 12.6 Å². The summed E-state index contributed by atoms with van der Waals surface area (Å²) in [5, 5.41) is 16.4. The molecular formula is C17H33N5O5S. The van der Waals surface area contributed by atoms with Crippen LogP contribution >= 0.6 is 12.6 Å². The molecule has 0 bridgehead atoms. The molecule has 0 spiro atoms. The molecule has 0 rings (SSSR count). The third kappa shape index (κ3) is 11.1. The van der Waals surface area contributed by atoms with Crippen LogP contribution in [0.5, 0.6) is 0 Å². The van der Waals surface area contributed by atoms with E-state index in [-0.39, 0.29) is 24.6 Å². The Morgan fingerprint density at radius 1 is 1.04 bits per heavy atom. The van der Waals surface area contributed by atoms with Crippen molar-refractivity contribution in [3.8, 4) is 0 Å². The maximum absolute atomic E-state index is 12.3. The van der Waals surface area contributed by atoms with Crippen molar-refractivity contribution in [1.82, 2.24) is 16.0 Å². The Morgan fingerprint density at radius 3 is 2.18 bits per heavy atom. The van der Waals surface area contributed by atoms with Crippen molar-refractivity contribution in [3.05, 3.63) is 0 Å². The van der Waals surface area contributed by atoms with Crippen molar-refractivity contribution in [1.29, 1.82) is 0 Å². The van der Waals surface area contributed by atoms with E-state index in [2.05, 4.69) is 28.6 Å². The second kappa shape index (κ2) is 14.2. The average Bonchev–Trinajstić information content (AvgIpc) is 2.62. The average molecular weight is 420 g/mol. The van der Waals surface area contributed by atoms with Crippen molar-refractivity contribution < 1.29 is 24.3 Å². The van der Waals surface area contributed by atoms with Crippen molar-refractivity contribution in [2.24, 2.45) is 17.4 Å². The smallest absolute Gasteiger partial charge is 0.326 e. The largest absolute Gasteiger partial charge is 0.480 e. The van der Waals surface area contributed by atoms with Gasteiger partial charge in [0.1, 0.15) is 12.1 Å². The zero-order chi connectivity index (χ0) is 21.7. The van der Waals surface area contributed by atoms with E-state index in [9.17, 15) is 24.3 Å². The summed E-state index contributed by atoms with van der Waals surface area (Å²) in [5.41, 5.74) is 11.1. The van der Waals surface area contributed by atoms with Gasteiger partial charge in [-0.3, -0.25) is 14.4 Å². The first-order chi connectivity index (χ1) is 13.1. The number of carbonyl (C=O) groups excluding carboxylic acids is 3. The first-order valence-electron chi connectivity index (χ1n) is 9.29. The highest BCUT2D eigenvalue weighted by Gasteiger charge is 2.25. The predicted molar refractivity (Wildman–Crippen MR) is 109 cm³/mol. The van der Waals surface area contributed by atoms with Gasteiger partial charge in [-0.1, -0.05) is 13.8 Å². The number of carboxylic acid groups (broad SMARTS) is 1. The number of unbranched alkanes of at least 4 members (excludes halogenated alkanes) is 1. The number of carbonyl (C=O) groups is 4. The van der Waals surface area contributed by atoms with Gasteiger partial charge in [-0.15, -0.1) is 0 Å². The zero-order valence-corrected chi connectivity index (χ0v) is 17.3. The van der Waals surface area contributed by atoms with Crippen LogP contribution in [0, 0.1) is 5.92 Å². The lowest BCUT2D eigenvalue weighted by molar-refractivity contribution is -0.142. The number of rotatable bonds is 14. The Bertz CT molecular complexity index is 532. The quantitative estimate of drug-likeness (QED) is 0.134. The minimum Gasteiger partial charge on any atom is -0.480 e. The van der Waals surface area contributed by atoms with E-state index in [0.29, 0.717) is 25.8 Å². The molecule has 3 atom stereocenters. The standard InChI is InChI=1S/C17H33N5O5S/c1-10(2)7-11(19)15(24)20-8-14(23)21-13(9-28)16(25)22-12(17(26)27)5-3-4-6-18/h10-13,28H,3-9,18-19H2,1-2H3,(H,20,24)(H,21,23)(H,22,25)(H,26,27). The number of thiol groups is 1. The SMILES string of the molecule is CC(C)CC(N)C(=O)NCC(=O)NC(CS)C(=O)NC(CCCCN)C(=O)O. The molecule has 0 heterocycles. The topological polar surface area (TPSA) is 177 Å². The van der Waals surface area contributed by atoms with Gasteiger partial charge in [0.05, 0.1) is 12.6 Å². The number of aliphatic carboxylic acids is 1. The van der Waals surface area contributed by atoms with Crippen LogP contribution in [-0.2, 0) is 19.2 Å². The molecule has 0 aliphatic carbocycles. The van der Waals surface area contributed by atoms with Crippen LogP contribution in [0.15, 0.2) is 0 Å². The number of hydrogen-bond donors (Lipinski definition) is 7. The Labute approximate surface area is 171 Å². The minimum absolute atomic E-state index is 0.0342. The molecule has 8 N–H and O–H groups in total. The first kappa shape index (κ1) is 26.1. The van der Waals surface area contributed by atoms with E-state index in [1.165, 1.54) is 0 Å². The predicted octanol–water partition coefficient (Wildman–Crippen LogP) is -1.41. The summed E-state index contributed by atoms with van der Waals surface area (Å²) in [4.78, 5) is 47.3. The molecule has 0 aliphatic heterocycles. The summed E-state index contributed by atoms with van der Waals surface area (Å²) in [7, 11) is 0. The Kier molecular flexibility index (Phi) is 13.3. The maximum Gasteiger partial charge on any atom is 0.326 e. The van der Waals surface area contributed by atoms with Crippen molar-refractivity contribution >= 4 is 36.3 Å². The summed E-state index contributed by atoms with van der Waals surface area (Å²) in [6, 6.07) is -2.83. The van der Waals surface area contributed by atoms with Crippen LogP contribution in [0.25, 0.3) is 0 Å². The van der Waals surface area contributed by atoms with Crippen LogP contribution in [-0.4, -0.2) is 65.8 Å². The van der Waals surface area contributed by atoms with E-state index < -0.39 is 41.8 Å². The molecule has 0 aromatic rings. The number of carboxylic acids is 1. The van der Waals surface area contributed by atoms with Gasteiger partial charge < -0.3 is 32.5 Å². The van der Waals surface area contributed by atoms with Gasteiger partial charge in [-0.25, -0.2) is 4.79 Å². The van der Waals surface area contributed by atoms with Crippen LogP contribution in [0.2, 0.25) is 0 Å². The lowest BCUT2D eigenvalue weighted by Crippen LogP contribution is -2.54. The molecule has 3 unspecified atom stereocenters. The highest BCUT2D eigenvalue weighted by atomic mass is 32.1. The summed E-state index contributed by atoms with van der Waals surface area (Å²) >= 11 is 4.02. The molecule has 11 heteroatoms. The molecule has 0 fully saturated rings. The maximum atomic E-state index is 12.3. The van der Waals surface area contributed by atoms with Gasteiger partial charge in [0.25, 0.3) is 0 Å². The molecule has 28 heavy (non-hydrogen) atoms. The van der Waals surface area contributed by atoms with Crippen LogP contribution < -0.4 is 27.4 Å². The second-order valence-electron chi connectivity index (χ2n) is 6.94. The summed E-state index contributed by atoms with van der Waals surface area (Å²) < 4.78 is 0. The zero-order valence-electron chi connectivity index (χ0n) is 16.4. The number of amides is 3. The van der Waals surface area contributed by atoms with Crippen LogP contribution in [0.4, 0.5) is 0 Å². The third-order valence-electron chi connectivity index (χ3n) is 3.88. The normalized spacial score (nSPS) is 14.1. The van der Waals surface area contributed by atoms with Crippen molar-refractivity contribution in [2.75, 3.05) is 18.8 Å². The van der Waals surface area contributed by atoms with Crippen LogP contribution in [0.3, 0.4) is 0 Å². The van der Waals surface area contributed by atoms with E-state index in [1.807, 2.05) is 13.8 Å². The van der Waals surface area contributed by atoms with Gasteiger partial charge >= 0.3 is 5.97 Å². The third-order valence-corrected chi connectivity index (χ3v) is 4.25. The lowest BCUT2D eigenvalue weighted by atomic mass is 10.0. The van der Waals surface area contributed by atoms with Crippen LogP contribution in [0.1, 0.15) is 39.5 Å². The molecule has 0 aliphatic rings. The molecule has 0 aromatic carbocycles. The van der Waals surface area contributed by atoms with E-state index in [4.69, 9.17) is 11.5 Å². The van der Waals surface area contributed by atoms with Crippen molar-refractivity contribution in [3.63, 3.8) is 0 Å². The van der Waals surface area contributed by atoms with Gasteiger partial charge in [-0.05, 0) is 38.1 Å². The monoisotopic (exact) mass is 419 g/mol. The Balaban J connectivity index is 4.56. The fourth-order valence-corrected chi connectivity index (χ4v) is 2.63. The Hall–Kier alpha value is -1.85. The first-order valence-corrected chi connectivity index (χ1v) is 9.92.